The number of nitrogens with one attached hydrogen (secondary N) is 3. The number of sulfonamides is 1. The van der Waals surface area contributed by atoms with Gasteiger partial charge in [0.05, 0.1) is 22.5 Å². The molecule has 13 heteroatoms. The van der Waals surface area contributed by atoms with Gasteiger partial charge in [0.15, 0.2) is 5.65 Å². The highest BCUT2D eigenvalue weighted by atomic mass is 79.9. The number of rotatable bonds is 9. The molecule has 218 valence electrons. The van der Waals surface area contributed by atoms with E-state index in [0.717, 1.165) is 44.0 Å². The molecule has 3 aromatic heterocycles. The number of anilines is 2. The van der Waals surface area contributed by atoms with E-state index in [1.165, 1.54) is 0 Å². The van der Waals surface area contributed by atoms with Crippen LogP contribution in [0.1, 0.15) is 24.7 Å². The SMILES string of the molecule is CCS(=O)(=O)N1CC[C@H](Nc2c(Br)cnc3nc(-c4cc(C)n(-c5cccc(NC(=O)CN(C)C)c5)c4C)[nH]c23)C1. The normalized spacial score (nSPS) is 16.1. The molecule has 4 aromatic rings. The number of hydrogen-bond acceptors (Lipinski definition) is 7. The fourth-order valence-corrected chi connectivity index (χ4v) is 6.87. The van der Waals surface area contributed by atoms with Gasteiger partial charge in [0.25, 0.3) is 0 Å². The van der Waals surface area contributed by atoms with Crippen LogP contribution in [0.15, 0.2) is 41.0 Å². The average molecular weight is 644 g/mol. The van der Waals surface area contributed by atoms with Gasteiger partial charge in [-0.15, -0.1) is 0 Å². The van der Waals surface area contributed by atoms with Crippen molar-refractivity contribution in [2.75, 3.05) is 50.1 Å². The molecule has 1 aliphatic rings. The predicted molar refractivity (Wildman–Crippen MR) is 166 cm³/mol. The zero-order valence-corrected chi connectivity index (χ0v) is 26.2. The Bertz CT molecular complexity index is 1710. The third-order valence-electron chi connectivity index (χ3n) is 7.27. The zero-order valence-electron chi connectivity index (χ0n) is 23.8. The number of fused-ring (bicyclic) bond motifs is 1. The van der Waals surface area contributed by atoms with Gasteiger partial charge >= 0.3 is 0 Å². The highest BCUT2D eigenvalue weighted by Gasteiger charge is 2.31. The molecule has 0 saturated carbocycles. The highest BCUT2D eigenvalue weighted by molar-refractivity contribution is 9.10. The topological polar surface area (TPSA) is 128 Å². The molecule has 5 rings (SSSR count). The number of aromatic amines is 1. The first-order valence-electron chi connectivity index (χ1n) is 13.5. The van der Waals surface area contributed by atoms with E-state index in [0.29, 0.717) is 37.5 Å². The van der Waals surface area contributed by atoms with Gasteiger partial charge in [-0.05, 0) is 81.5 Å². The van der Waals surface area contributed by atoms with Crippen molar-refractivity contribution in [3.05, 3.63) is 52.4 Å². The lowest BCUT2D eigenvalue weighted by Crippen LogP contribution is -2.32. The van der Waals surface area contributed by atoms with Crippen LogP contribution in [-0.4, -0.2) is 88.6 Å². The Morgan fingerprint density at radius 3 is 2.76 bits per heavy atom. The molecule has 0 bridgehead atoms. The molecule has 11 nitrogen and oxygen atoms in total. The summed E-state index contributed by atoms with van der Waals surface area (Å²) in [5, 5.41) is 6.49. The number of carbonyl (C=O) groups excluding carboxylic acids is 1. The smallest absolute Gasteiger partial charge is 0.238 e. The van der Waals surface area contributed by atoms with Crippen molar-refractivity contribution in [1.82, 2.24) is 28.7 Å². The van der Waals surface area contributed by atoms with Crippen molar-refractivity contribution in [2.24, 2.45) is 0 Å². The first-order valence-corrected chi connectivity index (χ1v) is 15.9. The van der Waals surface area contributed by atoms with E-state index in [1.807, 2.05) is 57.1 Å². The second-order valence-electron chi connectivity index (χ2n) is 10.6. The molecule has 4 heterocycles. The quantitative estimate of drug-likeness (QED) is 0.250. The maximum absolute atomic E-state index is 12.3. The average Bonchev–Trinajstić information content (AvgIpc) is 3.63. The van der Waals surface area contributed by atoms with Gasteiger partial charge in [-0.25, -0.2) is 18.4 Å². The van der Waals surface area contributed by atoms with Crippen molar-refractivity contribution in [1.29, 1.82) is 0 Å². The molecular weight excluding hydrogens is 608 g/mol. The fraction of sp³-hybridized carbons (Fsp3) is 0.393. The van der Waals surface area contributed by atoms with Gasteiger partial charge in [0.1, 0.15) is 11.3 Å². The van der Waals surface area contributed by atoms with Gasteiger partial charge in [-0.3, -0.25) is 4.79 Å². The summed E-state index contributed by atoms with van der Waals surface area (Å²) in [6, 6.07) is 9.83. The van der Waals surface area contributed by atoms with E-state index in [4.69, 9.17) is 4.98 Å². The number of imidazole rings is 1. The van der Waals surface area contributed by atoms with Crippen molar-refractivity contribution in [3.63, 3.8) is 0 Å². The van der Waals surface area contributed by atoms with E-state index in [-0.39, 0.29) is 17.7 Å². The van der Waals surface area contributed by atoms with Crippen LogP contribution in [0.2, 0.25) is 0 Å². The first-order chi connectivity index (χ1) is 19.5. The Kier molecular flexibility index (Phi) is 8.24. The molecule has 3 N–H and O–H groups in total. The Labute approximate surface area is 248 Å². The first kappa shape index (κ1) is 29.2. The summed E-state index contributed by atoms with van der Waals surface area (Å²) < 4.78 is 29.1. The molecule has 41 heavy (non-hydrogen) atoms. The van der Waals surface area contributed by atoms with Crippen LogP contribution in [0.4, 0.5) is 11.4 Å². The van der Waals surface area contributed by atoms with Gasteiger partial charge < -0.3 is 25.1 Å². The van der Waals surface area contributed by atoms with E-state index in [9.17, 15) is 13.2 Å². The molecule has 1 aromatic carbocycles. The van der Waals surface area contributed by atoms with Crippen LogP contribution in [0.5, 0.6) is 0 Å². The lowest BCUT2D eigenvalue weighted by Gasteiger charge is -2.17. The van der Waals surface area contributed by atoms with Crippen LogP contribution < -0.4 is 10.6 Å². The highest BCUT2D eigenvalue weighted by Crippen LogP contribution is 2.35. The van der Waals surface area contributed by atoms with Gasteiger partial charge in [0, 0.05) is 53.7 Å². The van der Waals surface area contributed by atoms with Crippen molar-refractivity contribution >= 4 is 54.4 Å². The second-order valence-corrected chi connectivity index (χ2v) is 13.7. The summed E-state index contributed by atoms with van der Waals surface area (Å²) in [6.45, 7) is 6.97. The number of hydrogen-bond donors (Lipinski definition) is 3. The van der Waals surface area contributed by atoms with Crippen molar-refractivity contribution in [3.8, 4) is 17.1 Å². The zero-order chi connectivity index (χ0) is 29.5. The third-order valence-corrected chi connectivity index (χ3v) is 9.71. The summed E-state index contributed by atoms with van der Waals surface area (Å²) in [5.41, 5.74) is 6.73. The van der Waals surface area contributed by atoms with Gasteiger partial charge in [-0.2, -0.15) is 4.31 Å². The van der Waals surface area contributed by atoms with Crippen molar-refractivity contribution < 1.29 is 13.2 Å². The molecule has 1 aliphatic heterocycles. The number of H-pyrrole nitrogens is 1. The van der Waals surface area contributed by atoms with Crippen LogP contribution in [0.3, 0.4) is 0 Å². The summed E-state index contributed by atoms with van der Waals surface area (Å²) in [5.74, 6) is 0.710. The van der Waals surface area contributed by atoms with Crippen LogP contribution in [0.25, 0.3) is 28.2 Å². The number of aromatic nitrogens is 4. The Morgan fingerprint density at radius 1 is 1.24 bits per heavy atom. The summed E-state index contributed by atoms with van der Waals surface area (Å²) in [4.78, 5) is 26.9. The number of halogens is 1. The van der Waals surface area contributed by atoms with E-state index >= 15 is 0 Å². The van der Waals surface area contributed by atoms with Crippen LogP contribution in [-0.2, 0) is 14.8 Å². The summed E-state index contributed by atoms with van der Waals surface area (Å²) in [6.07, 6.45) is 2.43. The fourth-order valence-electron chi connectivity index (χ4n) is 5.30. The van der Waals surface area contributed by atoms with Gasteiger partial charge in [-0.1, -0.05) is 6.07 Å². The maximum Gasteiger partial charge on any atom is 0.238 e. The largest absolute Gasteiger partial charge is 0.378 e. The minimum Gasteiger partial charge on any atom is -0.378 e. The van der Waals surface area contributed by atoms with Crippen LogP contribution >= 0.6 is 15.9 Å². The Morgan fingerprint density at radius 2 is 2.02 bits per heavy atom. The second kappa shape index (κ2) is 11.6. The number of likely N-dealkylation sites (N-methyl/N-ethyl adjacent to an activating group) is 1. The molecule has 0 radical (unpaired) electrons. The van der Waals surface area contributed by atoms with Crippen molar-refractivity contribution in [2.45, 2.75) is 33.2 Å². The molecule has 1 fully saturated rings. The summed E-state index contributed by atoms with van der Waals surface area (Å²) in [7, 11) is 0.491. The predicted octanol–water partition coefficient (Wildman–Crippen LogP) is 4.13. The molecule has 1 saturated heterocycles. The minimum atomic E-state index is -3.23. The van der Waals surface area contributed by atoms with E-state index in [2.05, 4.69) is 47.2 Å². The number of benzene rings is 1. The number of aryl methyl sites for hydroxylation is 1. The Balaban J connectivity index is 1.44. The minimum absolute atomic E-state index is 0.0273. The molecular formula is C28H35BrN8O3S. The third kappa shape index (κ3) is 6.03. The molecule has 1 amide bonds. The van der Waals surface area contributed by atoms with Gasteiger partial charge in [0.2, 0.25) is 15.9 Å². The monoisotopic (exact) mass is 642 g/mol. The van der Waals surface area contributed by atoms with E-state index < -0.39 is 10.0 Å². The summed E-state index contributed by atoms with van der Waals surface area (Å²) >= 11 is 3.61. The lowest BCUT2D eigenvalue weighted by atomic mass is 10.2. The standard InChI is InChI=1S/C28H35BrN8O3S/c1-6-41(39,40)36-11-10-20(15-36)32-25-23(29)14-30-28-26(25)33-27(34-28)22-12-17(2)37(18(22)3)21-9-7-8-19(13-21)31-24(38)16-35(4)5/h7-9,12-14,20H,6,10-11,15-16H2,1-5H3,(H,31,38)(H2,30,32,33,34)/t20-/m0/s1. The lowest BCUT2D eigenvalue weighted by molar-refractivity contribution is -0.116. The number of carbonyl (C=O) groups is 1. The molecule has 1 atom stereocenters. The molecule has 0 spiro atoms. The maximum atomic E-state index is 12.3. The molecule has 0 aliphatic carbocycles. The number of nitrogens with zero attached hydrogens (tertiary/aromatic N) is 5. The van der Waals surface area contributed by atoms with Crippen LogP contribution in [0, 0.1) is 13.8 Å². The van der Waals surface area contributed by atoms with E-state index in [1.54, 1.807) is 17.4 Å². The number of pyridine rings is 1. The number of amides is 1. The molecule has 0 unspecified atom stereocenters. The Hall–Kier alpha value is -3.26.